The van der Waals surface area contributed by atoms with Gasteiger partial charge in [0.25, 0.3) is 0 Å². The SMILES string of the molecule is CCN1C(=O)C(C(C)CNc2cccc(N(C)C(=O)CN3CCOCC3)c2)SC1C(C#N)C(=O)NCC(F)(F)F. The molecule has 3 rings (SSSR count). The van der Waals surface area contributed by atoms with Gasteiger partial charge in [0.2, 0.25) is 17.7 Å². The molecule has 0 radical (unpaired) electrons. The normalized spacial score (nSPS) is 21.4. The minimum Gasteiger partial charge on any atom is -0.385 e. The lowest BCUT2D eigenvalue weighted by Crippen LogP contribution is -2.46. The Kier molecular flexibility index (Phi) is 11.1. The number of rotatable bonds is 11. The highest BCUT2D eigenvalue weighted by atomic mass is 32.2. The fourth-order valence-electron chi connectivity index (χ4n) is 4.50. The zero-order valence-corrected chi connectivity index (χ0v) is 23.6. The van der Waals surface area contributed by atoms with Crippen molar-refractivity contribution in [3.05, 3.63) is 24.3 Å². The molecule has 4 unspecified atom stereocenters. The number of amides is 3. The maximum atomic E-state index is 13.1. The van der Waals surface area contributed by atoms with Gasteiger partial charge in [-0.1, -0.05) is 13.0 Å². The van der Waals surface area contributed by atoms with Gasteiger partial charge in [-0.3, -0.25) is 19.3 Å². The van der Waals surface area contributed by atoms with Crippen LogP contribution in [-0.2, 0) is 19.1 Å². The molecule has 2 heterocycles. The first kappa shape index (κ1) is 31.5. The summed E-state index contributed by atoms with van der Waals surface area (Å²) in [5.41, 5.74) is 1.46. The first-order chi connectivity index (χ1) is 18.9. The number of benzene rings is 1. The van der Waals surface area contributed by atoms with Crippen molar-refractivity contribution in [1.82, 2.24) is 15.1 Å². The zero-order valence-electron chi connectivity index (χ0n) is 22.7. The molecule has 0 spiro atoms. The van der Waals surface area contributed by atoms with Gasteiger partial charge in [0.15, 0.2) is 5.92 Å². The number of anilines is 2. The summed E-state index contributed by atoms with van der Waals surface area (Å²) in [6, 6.07) is 9.12. The molecule has 0 saturated carbocycles. The summed E-state index contributed by atoms with van der Waals surface area (Å²) in [6.45, 7) is 5.52. The summed E-state index contributed by atoms with van der Waals surface area (Å²) in [4.78, 5) is 43.3. The van der Waals surface area contributed by atoms with Crippen LogP contribution in [0.15, 0.2) is 24.3 Å². The first-order valence-electron chi connectivity index (χ1n) is 13.1. The van der Waals surface area contributed by atoms with Crippen molar-refractivity contribution in [2.45, 2.75) is 30.6 Å². The number of hydrogen-bond donors (Lipinski definition) is 2. The maximum Gasteiger partial charge on any atom is 0.405 e. The highest BCUT2D eigenvalue weighted by Crippen LogP contribution is 2.39. The predicted octanol–water partition coefficient (Wildman–Crippen LogP) is 2.14. The summed E-state index contributed by atoms with van der Waals surface area (Å²) in [5.74, 6) is -3.04. The number of likely N-dealkylation sites (N-methyl/N-ethyl adjacent to an activating group) is 1. The number of morpholine rings is 1. The smallest absolute Gasteiger partial charge is 0.385 e. The van der Waals surface area contributed by atoms with Crippen molar-refractivity contribution in [3.8, 4) is 6.07 Å². The Morgan fingerprint density at radius 1 is 1.30 bits per heavy atom. The molecule has 1 aromatic carbocycles. The number of carbonyl (C=O) groups is 3. The lowest BCUT2D eigenvalue weighted by atomic mass is 10.1. The fourth-order valence-corrected chi connectivity index (χ4v) is 6.16. The fraction of sp³-hybridized carbons (Fsp3) is 0.615. The monoisotopic (exact) mass is 584 g/mol. The third-order valence-corrected chi connectivity index (χ3v) is 8.61. The van der Waals surface area contributed by atoms with Crippen LogP contribution in [0.3, 0.4) is 0 Å². The lowest BCUT2D eigenvalue weighted by molar-refractivity contribution is -0.141. The second kappa shape index (κ2) is 14.0. The van der Waals surface area contributed by atoms with E-state index in [2.05, 4.69) is 5.32 Å². The third kappa shape index (κ3) is 8.25. The van der Waals surface area contributed by atoms with Gasteiger partial charge < -0.3 is 25.2 Å². The first-order valence-corrected chi connectivity index (χ1v) is 14.0. The van der Waals surface area contributed by atoms with E-state index in [1.54, 1.807) is 30.3 Å². The lowest BCUT2D eigenvalue weighted by Gasteiger charge is -2.28. The number of hydrogen-bond acceptors (Lipinski definition) is 8. The maximum absolute atomic E-state index is 13.1. The van der Waals surface area contributed by atoms with Crippen LogP contribution >= 0.6 is 11.8 Å². The van der Waals surface area contributed by atoms with Crippen molar-refractivity contribution < 1.29 is 32.3 Å². The Balaban J connectivity index is 1.60. The second-order valence-corrected chi connectivity index (χ2v) is 11.0. The molecule has 2 saturated heterocycles. The number of nitrogens with one attached hydrogen (secondary N) is 2. The van der Waals surface area contributed by atoms with Crippen molar-refractivity contribution >= 4 is 40.9 Å². The molecule has 0 bridgehead atoms. The Morgan fingerprint density at radius 2 is 2.00 bits per heavy atom. The minimum atomic E-state index is -4.61. The molecule has 220 valence electrons. The summed E-state index contributed by atoms with van der Waals surface area (Å²) in [6.07, 6.45) is -4.61. The van der Waals surface area contributed by atoms with Crippen molar-refractivity contribution in [2.75, 3.05) is 69.7 Å². The molecule has 1 aromatic rings. The van der Waals surface area contributed by atoms with E-state index in [-0.39, 0.29) is 24.3 Å². The van der Waals surface area contributed by atoms with E-state index in [0.717, 1.165) is 17.4 Å². The van der Waals surface area contributed by atoms with E-state index in [0.29, 0.717) is 45.1 Å². The van der Waals surface area contributed by atoms with Crippen LogP contribution in [0.25, 0.3) is 0 Å². The average Bonchev–Trinajstić information content (AvgIpc) is 3.26. The Bertz CT molecular complexity index is 1090. The van der Waals surface area contributed by atoms with E-state index < -0.39 is 35.2 Å². The minimum absolute atomic E-state index is 0.0441. The summed E-state index contributed by atoms with van der Waals surface area (Å²) in [7, 11) is 1.72. The second-order valence-electron chi connectivity index (χ2n) is 9.76. The largest absolute Gasteiger partial charge is 0.405 e. The van der Waals surface area contributed by atoms with Crippen LogP contribution in [0.5, 0.6) is 0 Å². The zero-order chi connectivity index (χ0) is 29.4. The number of thioether (sulfide) groups is 1. The third-order valence-electron chi connectivity index (χ3n) is 6.85. The molecule has 4 atom stereocenters. The Morgan fingerprint density at radius 3 is 2.62 bits per heavy atom. The Hall–Kier alpha value is -3.02. The highest BCUT2D eigenvalue weighted by molar-refractivity contribution is 8.01. The van der Waals surface area contributed by atoms with Crippen LogP contribution in [0.2, 0.25) is 0 Å². The van der Waals surface area contributed by atoms with Crippen LogP contribution < -0.4 is 15.5 Å². The molecule has 2 N–H and O–H groups in total. The highest BCUT2D eigenvalue weighted by Gasteiger charge is 2.47. The van der Waals surface area contributed by atoms with Crippen molar-refractivity contribution in [1.29, 1.82) is 5.26 Å². The standard InChI is InChI=1S/C26H35F3N6O4S/c1-4-35-24(38)22(40-25(35)20(13-30)23(37)32-16-26(27,28)29)17(2)14-31-18-6-5-7-19(12-18)33(3)21(36)15-34-8-10-39-11-9-34/h5-7,12,17,20,22,25,31H,4,8-11,14-16H2,1-3H3,(H,32,37). The van der Waals surface area contributed by atoms with Crippen LogP contribution in [0.1, 0.15) is 13.8 Å². The molecular formula is C26H35F3N6O4S. The van der Waals surface area contributed by atoms with Gasteiger partial charge in [-0.25, -0.2) is 0 Å². The van der Waals surface area contributed by atoms with Gasteiger partial charge in [-0.15, -0.1) is 11.8 Å². The Labute approximate surface area is 236 Å². The molecule has 0 aromatic heterocycles. The number of carbonyl (C=O) groups excluding carboxylic acids is 3. The quantitative estimate of drug-likeness (QED) is 0.406. The topological polar surface area (TPSA) is 118 Å². The van der Waals surface area contributed by atoms with E-state index in [1.807, 2.05) is 36.1 Å². The van der Waals surface area contributed by atoms with Gasteiger partial charge in [0.05, 0.1) is 31.1 Å². The molecule has 2 aliphatic rings. The van der Waals surface area contributed by atoms with E-state index in [9.17, 15) is 32.8 Å². The molecule has 2 fully saturated rings. The summed E-state index contributed by atoms with van der Waals surface area (Å²) in [5, 5.41) is 13.1. The number of nitrogens with zero attached hydrogens (tertiary/aromatic N) is 4. The van der Waals surface area contributed by atoms with Crippen molar-refractivity contribution in [2.24, 2.45) is 11.8 Å². The van der Waals surface area contributed by atoms with E-state index in [1.165, 1.54) is 4.90 Å². The molecular weight excluding hydrogens is 549 g/mol. The van der Waals surface area contributed by atoms with Gasteiger partial charge >= 0.3 is 6.18 Å². The van der Waals surface area contributed by atoms with Crippen molar-refractivity contribution in [3.63, 3.8) is 0 Å². The summed E-state index contributed by atoms with van der Waals surface area (Å²) < 4.78 is 43.0. The average molecular weight is 585 g/mol. The van der Waals surface area contributed by atoms with Crippen LogP contribution in [0.4, 0.5) is 24.5 Å². The van der Waals surface area contributed by atoms with Gasteiger partial charge in [-0.2, -0.15) is 18.4 Å². The predicted molar refractivity (Wildman–Crippen MR) is 145 cm³/mol. The van der Waals surface area contributed by atoms with E-state index >= 15 is 0 Å². The number of alkyl halides is 3. The summed E-state index contributed by atoms with van der Waals surface area (Å²) >= 11 is 1.12. The van der Waals surface area contributed by atoms with E-state index in [4.69, 9.17) is 4.74 Å². The molecule has 3 amide bonds. The number of halogens is 3. The number of ether oxygens (including phenoxy) is 1. The number of nitriles is 1. The molecule has 10 nitrogen and oxygen atoms in total. The molecule has 0 aliphatic carbocycles. The van der Waals surface area contributed by atoms with Gasteiger partial charge in [0.1, 0.15) is 11.9 Å². The van der Waals surface area contributed by atoms with Crippen LogP contribution in [0, 0.1) is 23.2 Å². The molecule has 40 heavy (non-hydrogen) atoms. The van der Waals surface area contributed by atoms with Gasteiger partial charge in [0, 0.05) is 44.6 Å². The molecule has 2 aliphatic heterocycles. The van der Waals surface area contributed by atoms with Gasteiger partial charge in [-0.05, 0) is 31.0 Å². The van der Waals surface area contributed by atoms with Crippen LogP contribution in [-0.4, -0.2) is 104 Å². The molecule has 14 heteroatoms.